The SMILES string of the molecule is Cc1cc(Oc2ccc3c(c2)CC[C@H]3C2SC(=O)NC2=O)c(Cl)cc1C(F)(F)F. The minimum atomic E-state index is -4.49. The summed E-state index contributed by atoms with van der Waals surface area (Å²) in [5, 5.41) is 1.41. The highest BCUT2D eigenvalue weighted by Crippen LogP contribution is 2.44. The molecule has 4 nitrogen and oxygen atoms in total. The van der Waals surface area contributed by atoms with Gasteiger partial charge >= 0.3 is 6.18 Å². The van der Waals surface area contributed by atoms with Crippen molar-refractivity contribution in [2.45, 2.75) is 37.1 Å². The number of benzene rings is 2. The van der Waals surface area contributed by atoms with E-state index in [-0.39, 0.29) is 33.4 Å². The highest BCUT2D eigenvalue weighted by molar-refractivity contribution is 8.15. The molecular formula is C20H15ClF3NO3S. The van der Waals surface area contributed by atoms with Gasteiger partial charge in [0.15, 0.2) is 0 Å². The first-order chi connectivity index (χ1) is 13.6. The lowest BCUT2D eigenvalue weighted by molar-refractivity contribution is -0.138. The molecule has 4 rings (SSSR count). The third-order valence-corrected chi connectivity index (χ3v) is 6.54. The van der Waals surface area contributed by atoms with Crippen molar-refractivity contribution in [3.05, 3.63) is 57.6 Å². The van der Waals surface area contributed by atoms with E-state index in [1.165, 1.54) is 13.0 Å². The average molecular weight is 442 g/mol. The van der Waals surface area contributed by atoms with Crippen LogP contribution in [0.4, 0.5) is 18.0 Å². The number of hydrogen-bond acceptors (Lipinski definition) is 4. The van der Waals surface area contributed by atoms with E-state index < -0.39 is 17.0 Å². The van der Waals surface area contributed by atoms with Crippen LogP contribution >= 0.6 is 23.4 Å². The average Bonchev–Trinajstić information content (AvgIpc) is 3.18. The number of aryl methyl sites for hydroxylation is 2. The van der Waals surface area contributed by atoms with Crippen molar-refractivity contribution < 1.29 is 27.5 Å². The lowest BCUT2D eigenvalue weighted by Gasteiger charge is -2.17. The van der Waals surface area contributed by atoms with Crippen LogP contribution in [0.5, 0.6) is 11.5 Å². The number of ether oxygens (including phenoxy) is 1. The maximum Gasteiger partial charge on any atom is 0.416 e. The lowest BCUT2D eigenvalue weighted by Crippen LogP contribution is -2.27. The molecule has 29 heavy (non-hydrogen) atoms. The van der Waals surface area contributed by atoms with Crippen LogP contribution in [0.1, 0.15) is 34.6 Å². The Hall–Kier alpha value is -2.19. The Bertz CT molecular complexity index is 1020. The fraction of sp³-hybridized carbons (Fsp3) is 0.300. The van der Waals surface area contributed by atoms with Gasteiger partial charge in [-0.05, 0) is 60.7 Å². The number of imide groups is 1. The molecular weight excluding hydrogens is 427 g/mol. The molecule has 2 aliphatic rings. The number of amides is 2. The van der Waals surface area contributed by atoms with E-state index in [4.69, 9.17) is 16.3 Å². The predicted molar refractivity (Wildman–Crippen MR) is 104 cm³/mol. The van der Waals surface area contributed by atoms with Crippen molar-refractivity contribution in [3.8, 4) is 11.5 Å². The molecule has 1 aliphatic carbocycles. The van der Waals surface area contributed by atoms with Crippen LogP contribution in [0.2, 0.25) is 5.02 Å². The summed E-state index contributed by atoms with van der Waals surface area (Å²) in [6.07, 6.45) is -3.03. The molecule has 0 bridgehead atoms. The second kappa shape index (κ2) is 7.25. The Morgan fingerprint density at radius 2 is 1.97 bits per heavy atom. The number of nitrogens with one attached hydrogen (secondary N) is 1. The van der Waals surface area contributed by atoms with E-state index in [0.717, 1.165) is 41.8 Å². The highest BCUT2D eigenvalue weighted by atomic mass is 35.5. The summed E-state index contributed by atoms with van der Waals surface area (Å²) in [6, 6.07) is 7.47. The summed E-state index contributed by atoms with van der Waals surface area (Å²) in [6.45, 7) is 1.35. The van der Waals surface area contributed by atoms with Gasteiger partial charge in [-0.1, -0.05) is 29.4 Å². The molecule has 2 atom stereocenters. The van der Waals surface area contributed by atoms with Crippen LogP contribution in [-0.2, 0) is 17.4 Å². The maximum absolute atomic E-state index is 13.0. The summed E-state index contributed by atoms with van der Waals surface area (Å²) in [7, 11) is 0. The van der Waals surface area contributed by atoms with Crippen molar-refractivity contribution >= 4 is 34.5 Å². The molecule has 152 valence electrons. The van der Waals surface area contributed by atoms with Crippen molar-refractivity contribution in [3.63, 3.8) is 0 Å². The standard InChI is InChI=1S/C20H15ClF3NO3S/c1-9-6-16(15(21)8-14(9)20(22,23)24)28-11-3-5-12-10(7-11)2-4-13(12)17-18(26)25-19(27)29-17/h3,5-8,13,17H,2,4H2,1H3,(H,25,26,27)/t13-,17?/m1/s1. The number of alkyl halides is 3. The molecule has 9 heteroatoms. The topological polar surface area (TPSA) is 55.4 Å². The third-order valence-electron chi connectivity index (χ3n) is 5.13. The number of carbonyl (C=O) groups is 2. The Kier molecular flexibility index (Phi) is 5.02. The normalized spacial score (nSPS) is 21.3. The quantitative estimate of drug-likeness (QED) is 0.650. The second-order valence-electron chi connectivity index (χ2n) is 7.02. The van der Waals surface area contributed by atoms with Gasteiger partial charge in [0.25, 0.3) is 5.24 Å². The maximum atomic E-state index is 13.0. The fourth-order valence-corrected chi connectivity index (χ4v) is 5.01. The van der Waals surface area contributed by atoms with E-state index in [1.807, 2.05) is 6.07 Å². The van der Waals surface area contributed by atoms with Gasteiger partial charge in [0.05, 0.1) is 10.6 Å². The first kappa shape index (κ1) is 20.1. The molecule has 1 N–H and O–H groups in total. The van der Waals surface area contributed by atoms with Crippen LogP contribution in [0.15, 0.2) is 30.3 Å². The zero-order chi connectivity index (χ0) is 20.9. The predicted octanol–water partition coefficient (Wildman–Crippen LogP) is 5.84. The third kappa shape index (κ3) is 3.83. The van der Waals surface area contributed by atoms with Crippen LogP contribution < -0.4 is 10.1 Å². The molecule has 2 aromatic rings. The highest BCUT2D eigenvalue weighted by Gasteiger charge is 2.41. The molecule has 1 heterocycles. The number of hydrogen-bond donors (Lipinski definition) is 1. The van der Waals surface area contributed by atoms with Crippen LogP contribution in [0, 0.1) is 6.92 Å². The smallest absolute Gasteiger partial charge is 0.416 e. The largest absolute Gasteiger partial charge is 0.456 e. The Labute approximate surface area is 173 Å². The summed E-state index contributed by atoms with van der Waals surface area (Å²) in [5.74, 6) is 0.255. The van der Waals surface area contributed by atoms with Gasteiger partial charge in [-0.3, -0.25) is 14.9 Å². The van der Waals surface area contributed by atoms with Gasteiger partial charge in [0, 0.05) is 5.92 Å². The summed E-state index contributed by atoms with van der Waals surface area (Å²) in [5.41, 5.74) is 1.19. The molecule has 0 spiro atoms. The van der Waals surface area contributed by atoms with Crippen LogP contribution in [-0.4, -0.2) is 16.4 Å². The molecule has 1 aliphatic heterocycles. The lowest BCUT2D eigenvalue weighted by atomic mass is 9.97. The first-order valence-electron chi connectivity index (χ1n) is 8.83. The van der Waals surface area contributed by atoms with Gasteiger partial charge in [-0.15, -0.1) is 0 Å². The summed E-state index contributed by atoms with van der Waals surface area (Å²) < 4.78 is 44.8. The van der Waals surface area contributed by atoms with Gasteiger partial charge in [0.2, 0.25) is 5.91 Å². The Morgan fingerprint density at radius 1 is 1.21 bits per heavy atom. The monoisotopic (exact) mass is 441 g/mol. The Morgan fingerprint density at radius 3 is 2.62 bits per heavy atom. The van der Waals surface area contributed by atoms with Crippen LogP contribution in [0.3, 0.4) is 0 Å². The number of halogens is 4. The van der Waals surface area contributed by atoms with E-state index in [2.05, 4.69) is 5.32 Å². The molecule has 0 aromatic heterocycles. The number of fused-ring (bicyclic) bond motifs is 1. The summed E-state index contributed by atoms with van der Waals surface area (Å²) >= 11 is 7.02. The second-order valence-corrected chi connectivity index (χ2v) is 8.54. The molecule has 2 aromatic carbocycles. The molecule has 1 unspecified atom stereocenters. The minimum Gasteiger partial charge on any atom is -0.456 e. The van der Waals surface area contributed by atoms with Gasteiger partial charge in [-0.25, -0.2) is 0 Å². The van der Waals surface area contributed by atoms with Gasteiger partial charge < -0.3 is 4.74 Å². The summed E-state index contributed by atoms with van der Waals surface area (Å²) in [4.78, 5) is 23.4. The number of carbonyl (C=O) groups excluding carboxylic acids is 2. The zero-order valence-electron chi connectivity index (χ0n) is 15.1. The molecule has 2 amide bonds. The van der Waals surface area contributed by atoms with E-state index in [9.17, 15) is 22.8 Å². The Balaban J connectivity index is 1.57. The van der Waals surface area contributed by atoms with Gasteiger partial charge in [0.1, 0.15) is 16.7 Å². The van der Waals surface area contributed by atoms with Crippen molar-refractivity contribution in [1.82, 2.24) is 5.32 Å². The van der Waals surface area contributed by atoms with E-state index >= 15 is 0 Å². The van der Waals surface area contributed by atoms with Gasteiger partial charge in [-0.2, -0.15) is 13.2 Å². The van der Waals surface area contributed by atoms with Crippen molar-refractivity contribution in [2.24, 2.45) is 0 Å². The van der Waals surface area contributed by atoms with E-state index in [0.29, 0.717) is 5.75 Å². The van der Waals surface area contributed by atoms with Crippen LogP contribution in [0.25, 0.3) is 0 Å². The van der Waals surface area contributed by atoms with Crippen molar-refractivity contribution in [1.29, 1.82) is 0 Å². The molecule has 0 saturated carbocycles. The molecule has 0 radical (unpaired) electrons. The van der Waals surface area contributed by atoms with E-state index in [1.54, 1.807) is 12.1 Å². The molecule has 1 saturated heterocycles. The number of rotatable bonds is 3. The number of thioether (sulfide) groups is 1. The zero-order valence-corrected chi connectivity index (χ0v) is 16.7. The van der Waals surface area contributed by atoms with Crippen molar-refractivity contribution in [2.75, 3.05) is 0 Å². The minimum absolute atomic E-state index is 0.0204. The fourth-order valence-electron chi connectivity index (χ4n) is 3.81. The molecule has 1 fully saturated rings. The first-order valence-corrected chi connectivity index (χ1v) is 10.1.